The molecule has 0 N–H and O–H groups in total. The van der Waals surface area contributed by atoms with E-state index < -0.39 is 4.92 Å². The molecular formula is C12H7BrClN3O3S. The van der Waals surface area contributed by atoms with E-state index in [4.69, 9.17) is 16.3 Å². The van der Waals surface area contributed by atoms with Crippen molar-refractivity contribution < 1.29 is 9.66 Å². The van der Waals surface area contributed by atoms with E-state index in [-0.39, 0.29) is 16.5 Å². The Kier molecular flexibility index (Phi) is 3.83. The molecule has 0 aliphatic heterocycles. The molecule has 0 atom stereocenters. The fraction of sp³-hybridized carbons (Fsp3) is 0.0833. The van der Waals surface area contributed by atoms with Gasteiger partial charge in [0.05, 0.1) is 10.6 Å². The van der Waals surface area contributed by atoms with Gasteiger partial charge in [0.2, 0.25) is 11.6 Å². The molecule has 2 heterocycles. The van der Waals surface area contributed by atoms with Crippen LogP contribution < -0.4 is 4.74 Å². The number of alkyl halides is 1. The maximum absolute atomic E-state index is 11.1. The van der Waals surface area contributed by atoms with Crippen LogP contribution in [0.5, 0.6) is 11.6 Å². The topological polar surface area (TPSA) is 69.7 Å². The maximum Gasteiger partial charge on any atom is 0.313 e. The van der Waals surface area contributed by atoms with E-state index in [1.807, 2.05) is 16.0 Å². The molecule has 0 saturated heterocycles. The van der Waals surface area contributed by atoms with Crippen molar-refractivity contribution in [1.82, 2.24) is 9.38 Å². The molecule has 0 radical (unpaired) electrons. The minimum Gasteiger partial charge on any atom is -0.430 e. The predicted molar refractivity (Wildman–Crippen MR) is 83.9 cm³/mol. The van der Waals surface area contributed by atoms with E-state index in [1.54, 1.807) is 0 Å². The molecule has 0 unspecified atom stereocenters. The fourth-order valence-corrected chi connectivity index (χ4v) is 3.24. The number of thiazole rings is 1. The van der Waals surface area contributed by atoms with Crippen LogP contribution in [0.3, 0.4) is 0 Å². The third-order valence-corrected chi connectivity index (χ3v) is 4.30. The Balaban J connectivity index is 2.06. The Morgan fingerprint density at radius 1 is 1.52 bits per heavy atom. The Bertz CT molecular complexity index is 832. The summed E-state index contributed by atoms with van der Waals surface area (Å²) >= 11 is 10.6. The van der Waals surface area contributed by atoms with Gasteiger partial charge < -0.3 is 4.74 Å². The number of nitro groups is 1. The molecule has 6 nitrogen and oxygen atoms in total. The molecule has 0 amide bonds. The van der Waals surface area contributed by atoms with Crippen molar-refractivity contribution in [1.29, 1.82) is 0 Å². The number of hydrogen-bond donors (Lipinski definition) is 0. The first-order valence-electron chi connectivity index (χ1n) is 5.72. The lowest BCUT2D eigenvalue weighted by Gasteiger charge is -2.05. The van der Waals surface area contributed by atoms with E-state index >= 15 is 0 Å². The van der Waals surface area contributed by atoms with Crippen molar-refractivity contribution in [2.45, 2.75) is 5.33 Å². The lowest BCUT2D eigenvalue weighted by atomic mass is 10.3. The van der Waals surface area contributed by atoms with Crippen LogP contribution in [0, 0.1) is 10.1 Å². The number of aromatic nitrogens is 2. The van der Waals surface area contributed by atoms with Crippen LogP contribution in [0.2, 0.25) is 5.02 Å². The van der Waals surface area contributed by atoms with Crippen LogP contribution in [0.1, 0.15) is 5.69 Å². The standard InChI is InChI=1S/C12H7BrClN3O3S/c13-6-9-11(15-12-16(9)3-4-21-12)20-10-2-1-7(14)5-8(10)17(18)19/h1-5H,6H2. The number of halogens is 2. The number of hydrogen-bond acceptors (Lipinski definition) is 5. The molecule has 0 saturated carbocycles. The van der Waals surface area contributed by atoms with Crippen molar-refractivity contribution in [3.63, 3.8) is 0 Å². The second-order valence-corrected chi connectivity index (χ2v) is 5.89. The molecular weight excluding hydrogens is 382 g/mol. The molecule has 3 aromatic rings. The second kappa shape index (κ2) is 5.63. The number of imidazole rings is 1. The summed E-state index contributed by atoms with van der Waals surface area (Å²) in [6.07, 6.45) is 1.87. The Hall–Kier alpha value is -1.64. The lowest BCUT2D eigenvalue weighted by molar-refractivity contribution is -0.385. The summed E-state index contributed by atoms with van der Waals surface area (Å²) < 4.78 is 7.51. The van der Waals surface area contributed by atoms with E-state index in [1.165, 1.54) is 29.5 Å². The normalized spacial score (nSPS) is 11.0. The van der Waals surface area contributed by atoms with Gasteiger partial charge in [-0.1, -0.05) is 27.5 Å². The number of rotatable bonds is 4. The number of fused-ring (bicyclic) bond motifs is 1. The third kappa shape index (κ3) is 2.61. The molecule has 0 aliphatic rings. The van der Waals surface area contributed by atoms with Crippen molar-refractivity contribution in [3.05, 3.63) is 50.6 Å². The summed E-state index contributed by atoms with van der Waals surface area (Å²) in [6.45, 7) is 0. The summed E-state index contributed by atoms with van der Waals surface area (Å²) in [4.78, 5) is 15.6. The van der Waals surface area contributed by atoms with Crippen molar-refractivity contribution in [2.75, 3.05) is 0 Å². The number of nitrogens with zero attached hydrogens (tertiary/aromatic N) is 3. The largest absolute Gasteiger partial charge is 0.430 e. The van der Waals surface area contributed by atoms with Crippen LogP contribution in [0.25, 0.3) is 4.96 Å². The first kappa shape index (κ1) is 14.3. The molecule has 2 aromatic heterocycles. The van der Waals surface area contributed by atoms with Crippen LogP contribution in [-0.2, 0) is 5.33 Å². The number of ether oxygens (including phenoxy) is 1. The number of nitro benzene ring substituents is 1. The summed E-state index contributed by atoms with van der Waals surface area (Å²) in [7, 11) is 0. The zero-order chi connectivity index (χ0) is 15.0. The lowest BCUT2D eigenvalue weighted by Crippen LogP contribution is -1.95. The van der Waals surface area contributed by atoms with Gasteiger partial charge in [-0.15, -0.1) is 11.3 Å². The second-order valence-electron chi connectivity index (χ2n) is 4.02. The van der Waals surface area contributed by atoms with Crippen molar-refractivity contribution in [3.8, 4) is 11.6 Å². The van der Waals surface area contributed by atoms with E-state index in [9.17, 15) is 10.1 Å². The van der Waals surface area contributed by atoms with E-state index in [0.29, 0.717) is 11.2 Å². The van der Waals surface area contributed by atoms with Gasteiger partial charge in [0, 0.05) is 28.0 Å². The monoisotopic (exact) mass is 387 g/mol. The summed E-state index contributed by atoms with van der Waals surface area (Å²) in [5.74, 6) is 0.446. The average Bonchev–Trinajstić information content (AvgIpc) is 3.00. The molecule has 0 bridgehead atoms. The van der Waals surface area contributed by atoms with Crippen LogP contribution in [-0.4, -0.2) is 14.3 Å². The molecule has 0 aliphatic carbocycles. The van der Waals surface area contributed by atoms with Crippen LogP contribution in [0.4, 0.5) is 5.69 Å². The Labute approximate surface area is 136 Å². The predicted octanol–water partition coefficient (Wildman–Crippen LogP) is 4.64. The average molecular weight is 389 g/mol. The first-order valence-corrected chi connectivity index (χ1v) is 8.10. The van der Waals surface area contributed by atoms with Gasteiger partial charge in [0.15, 0.2) is 4.96 Å². The minimum absolute atomic E-state index is 0.109. The third-order valence-electron chi connectivity index (χ3n) is 2.78. The van der Waals surface area contributed by atoms with Crippen molar-refractivity contribution in [2.24, 2.45) is 0 Å². The van der Waals surface area contributed by atoms with Crippen LogP contribution in [0.15, 0.2) is 29.8 Å². The Morgan fingerprint density at radius 3 is 3.05 bits per heavy atom. The molecule has 3 rings (SSSR count). The van der Waals surface area contributed by atoms with Gasteiger partial charge in [0.1, 0.15) is 0 Å². The minimum atomic E-state index is -0.534. The maximum atomic E-state index is 11.1. The van der Waals surface area contributed by atoms with Gasteiger partial charge in [-0.3, -0.25) is 14.5 Å². The van der Waals surface area contributed by atoms with E-state index in [0.717, 1.165) is 10.7 Å². The highest BCUT2D eigenvalue weighted by Crippen LogP contribution is 2.35. The summed E-state index contributed by atoms with van der Waals surface area (Å²) in [6, 6.07) is 4.26. The first-order chi connectivity index (χ1) is 10.1. The summed E-state index contributed by atoms with van der Waals surface area (Å²) in [5.41, 5.74) is 0.592. The highest BCUT2D eigenvalue weighted by Gasteiger charge is 2.20. The fourth-order valence-electron chi connectivity index (χ4n) is 1.84. The van der Waals surface area contributed by atoms with E-state index in [2.05, 4.69) is 20.9 Å². The smallest absolute Gasteiger partial charge is 0.313 e. The SMILES string of the molecule is O=[N+]([O-])c1cc(Cl)ccc1Oc1nc2sccn2c1CBr. The zero-order valence-electron chi connectivity index (χ0n) is 10.3. The molecule has 1 aromatic carbocycles. The van der Waals surface area contributed by atoms with Crippen LogP contribution >= 0.6 is 38.9 Å². The molecule has 0 fully saturated rings. The molecule has 0 spiro atoms. The molecule has 21 heavy (non-hydrogen) atoms. The van der Waals surface area contributed by atoms with Gasteiger partial charge in [-0.2, -0.15) is 4.98 Å². The van der Waals surface area contributed by atoms with Gasteiger partial charge >= 0.3 is 5.69 Å². The van der Waals surface area contributed by atoms with Crippen molar-refractivity contribution >= 4 is 49.5 Å². The quantitative estimate of drug-likeness (QED) is 0.371. The van der Waals surface area contributed by atoms with Gasteiger partial charge in [0.25, 0.3) is 0 Å². The molecule has 108 valence electrons. The highest BCUT2D eigenvalue weighted by atomic mass is 79.9. The Morgan fingerprint density at radius 2 is 2.33 bits per heavy atom. The van der Waals surface area contributed by atoms with Gasteiger partial charge in [-0.25, -0.2) is 0 Å². The zero-order valence-corrected chi connectivity index (χ0v) is 13.5. The summed E-state index contributed by atoms with van der Waals surface area (Å²) in [5, 5.41) is 13.8. The number of benzene rings is 1. The van der Waals surface area contributed by atoms with Gasteiger partial charge in [-0.05, 0) is 12.1 Å². The molecule has 9 heteroatoms. The highest BCUT2D eigenvalue weighted by molar-refractivity contribution is 9.08.